The van der Waals surface area contributed by atoms with Crippen LogP contribution in [0.4, 0.5) is 14.5 Å². The molecular formula is C25H23F2N5O3. The Morgan fingerprint density at radius 1 is 1.06 bits per heavy atom. The number of rotatable bonds is 4. The highest BCUT2D eigenvalue weighted by Crippen LogP contribution is 2.35. The SMILES string of the molecule is N#Cc1ccc(CN2CCN(c3cc(F)cc4c3CN(C3CCC(=O)NC3=O)C4=O)CC2)cc1F. The van der Waals surface area contributed by atoms with Crippen LogP contribution in [-0.4, -0.2) is 59.7 Å². The van der Waals surface area contributed by atoms with E-state index < -0.39 is 29.5 Å². The third kappa shape index (κ3) is 4.35. The maximum atomic E-state index is 14.5. The lowest BCUT2D eigenvalue weighted by Crippen LogP contribution is -2.52. The fourth-order valence-electron chi connectivity index (χ4n) is 5.04. The average Bonchev–Trinajstić information content (AvgIpc) is 3.15. The number of imide groups is 1. The Kier molecular flexibility index (Phi) is 5.94. The van der Waals surface area contributed by atoms with Crippen LogP contribution in [0.5, 0.6) is 0 Å². The highest BCUT2D eigenvalue weighted by Gasteiger charge is 2.41. The zero-order valence-corrected chi connectivity index (χ0v) is 18.9. The van der Waals surface area contributed by atoms with Crippen molar-refractivity contribution in [2.45, 2.75) is 32.0 Å². The number of carbonyl (C=O) groups excluding carboxylic acids is 3. The normalized spacial score (nSPS) is 20.6. The van der Waals surface area contributed by atoms with Crippen LogP contribution < -0.4 is 10.2 Å². The maximum absolute atomic E-state index is 14.5. The maximum Gasteiger partial charge on any atom is 0.255 e. The Hall–Kier alpha value is -3.84. The standard InChI is InChI=1S/C25H23F2N5O3/c26-17-10-18-19(14-32(25(18)35)21-3-4-23(33)29-24(21)34)22(11-17)31-7-5-30(6-8-31)13-15-1-2-16(12-28)20(27)9-15/h1-2,9-11,21H,3-8,13-14H2,(H,29,33,34). The van der Waals surface area contributed by atoms with Gasteiger partial charge in [-0.15, -0.1) is 0 Å². The van der Waals surface area contributed by atoms with Crippen molar-refractivity contribution >= 4 is 23.4 Å². The predicted molar refractivity (Wildman–Crippen MR) is 121 cm³/mol. The van der Waals surface area contributed by atoms with E-state index in [2.05, 4.69) is 10.2 Å². The summed E-state index contributed by atoms with van der Waals surface area (Å²) in [5.41, 5.74) is 2.35. The molecule has 0 radical (unpaired) electrons. The molecule has 0 aromatic heterocycles. The van der Waals surface area contributed by atoms with Gasteiger partial charge in [0.15, 0.2) is 0 Å². The lowest BCUT2D eigenvalue weighted by molar-refractivity contribution is -0.136. The zero-order valence-electron chi connectivity index (χ0n) is 18.9. The largest absolute Gasteiger partial charge is 0.369 e. The van der Waals surface area contributed by atoms with Crippen LogP contribution >= 0.6 is 0 Å². The quantitative estimate of drug-likeness (QED) is 0.674. The molecule has 3 heterocycles. The topological polar surface area (TPSA) is 96.8 Å². The molecule has 5 rings (SSSR count). The summed E-state index contributed by atoms with van der Waals surface area (Å²) >= 11 is 0. The second kappa shape index (κ2) is 9.07. The average molecular weight is 479 g/mol. The summed E-state index contributed by atoms with van der Waals surface area (Å²) in [7, 11) is 0. The number of benzene rings is 2. The molecule has 2 aromatic rings. The van der Waals surface area contributed by atoms with Gasteiger partial charge in [-0.2, -0.15) is 5.26 Å². The molecule has 2 saturated heterocycles. The molecule has 35 heavy (non-hydrogen) atoms. The number of fused-ring (bicyclic) bond motifs is 1. The van der Waals surface area contributed by atoms with Gasteiger partial charge in [0.25, 0.3) is 5.91 Å². The molecule has 1 atom stereocenters. The van der Waals surface area contributed by atoms with E-state index in [1.165, 1.54) is 29.2 Å². The molecule has 0 spiro atoms. The summed E-state index contributed by atoms with van der Waals surface area (Å²) in [4.78, 5) is 42.5. The first-order valence-electron chi connectivity index (χ1n) is 11.5. The summed E-state index contributed by atoms with van der Waals surface area (Å²) in [5, 5.41) is 11.2. The number of nitrogens with zero attached hydrogens (tertiary/aromatic N) is 4. The first-order valence-corrected chi connectivity index (χ1v) is 11.5. The number of nitriles is 1. The molecule has 3 amide bonds. The zero-order chi connectivity index (χ0) is 24.7. The molecule has 10 heteroatoms. The molecule has 0 bridgehead atoms. The van der Waals surface area contributed by atoms with E-state index >= 15 is 0 Å². The number of hydrogen-bond donors (Lipinski definition) is 1. The molecule has 2 fully saturated rings. The van der Waals surface area contributed by atoms with Gasteiger partial charge >= 0.3 is 0 Å². The van der Waals surface area contributed by atoms with Crippen molar-refractivity contribution in [3.8, 4) is 6.07 Å². The fourth-order valence-corrected chi connectivity index (χ4v) is 5.04. The number of piperazine rings is 1. The second-order valence-corrected chi connectivity index (χ2v) is 9.04. The molecule has 3 aliphatic heterocycles. The van der Waals surface area contributed by atoms with Crippen molar-refractivity contribution in [1.29, 1.82) is 5.26 Å². The van der Waals surface area contributed by atoms with E-state index in [1.807, 2.05) is 11.0 Å². The molecule has 0 saturated carbocycles. The number of amides is 3. The number of anilines is 1. The molecule has 1 N–H and O–H groups in total. The van der Waals surface area contributed by atoms with E-state index in [-0.39, 0.29) is 36.4 Å². The fraction of sp³-hybridized carbons (Fsp3) is 0.360. The first-order chi connectivity index (χ1) is 16.8. The van der Waals surface area contributed by atoms with Crippen molar-refractivity contribution in [3.63, 3.8) is 0 Å². The highest BCUT2D eigenvalue weighted by atomic mass is 19.1. The molecule has 1 unspecified atom stereocenters. The van der Waals surface area contributed by atoms with Gasteiger partial charge < -0.3 is 9.80 Å². The van der Waals surface area contributed by atoms with E-state index in [9.17, 15) is 23.2 Å². The van der Waals surface area contributed by atoms with E-state index in [0.717, 1.165) is 5.56 Å². The summed E-state index contributed by atoms with van der Waals surface area (Å²) < 4.78 is 28.5. The molecular weight excluding hydrogens is 456 g/mol. The van der Waals surface area contributed by atoms with Gasteiger partial charge in [-0.05, 0) is 36.2 Å². The number of hydrogen-bond acceptors (Lipinski definition) is 6. The van der Waals surface area contributed by atoms with Crippen LogP contribution in [0.3, 0.4) is 0 Å². The Labute approximate surface area is 200 Å². The highest BCUT2D eigenvalue weighted by molar-refractivity contribution is 6.06. The first kappa shape index (κ1) is 22.9. The van der Waals surface area contributed by atoms with Crippen LogP contribution in [0.25, 0.3) is 0 Å². The lowest BCUT2D eigenvalue weighted by atomic mass is 10.0. The number of nitrogens with one attached hydrogen (secondary N) is 1. The monoisotopic (exact) mass is 479 g/mol. The minimum atomic E-state index is -0.756. The van der Waals surface area contributed by atoms with Crippen molar-refractivity contribution in [2.24, 2.45) is 0 Å². The third-order valence-electron chi connectivity index (χ3n) is 6.87. The minimum Gasteiger partial charge on any atom is -0.369 e. The van der Waals surface area contributed by atoms with Gasteiger partial charge in [-0.1, -0.05) is 6.07 Å². The minimum absolute atomic E-state index is 0.0134. The molecule has 3 aliphatic rings. The number of carbonyl (C=O) groups is 3. The summed E-state index contributed by atoms with van der Waals surface area (Å²) in [6.07, 6.45) is 0.402. The smallest absolute Gasteiger partial charge is 0.255 e. The van der Waals surface area contributed by atoms with E-state index in [1.54, 1.807) is 6.07 Å². The van der Waals surface area contributed by atoms with Gasteiger partial charge in [0.1, 0.15) is 23.7 Å². The van der Waals surface area contributed by atoms with Crippen molar-refractivity contribution in [3.05, 3.63) is 64.2 Å². The van der Waals surface area contributed by atoms with Crippen LogP contribution in [-0.2, 0) is 22.7 Å². The summed E-state index contributed by atoms with van der Waals surface area (Å²) in [6, 6.07) is 8.28. The van der Waals surface area contributed by atoms with E-state index in [0.29, 0.717) is 44.0 Å². The van der Waals surface area contributed by atoms with Crippen molar-refractivity contribution < 1.29 is 23.2 Å². The van der Waals surface area contributed by atoms with Gasteiger partial charge in [-0.3, -0.25) is 24.6 Å². The summed E-state index contributed by atoms with van der Waals surface area (Å²) in [6.45, 7) is 3.18. The Morgan fingerprint density at radius 2 is 1.83 bits per heavy atom. The van der Waals surface area contributed by atoms with Crippen LogP contribution in [0, 0.1) is 23.0 Å². The van der Waals surface area contributed by atoms with E-state index in [4.69, 9.17) is 5.26 Å². The third-order valence-corrected chi connectivity index (χ3v) is 6.87. The molecule has 0 aliphatic carbocycles. The summed E-state index contributed by atoms with van der Waals surface area (Å²) in [5.74, 6) is -2.32. The van der Waals surface area contributed by atoms with Crippen molar-refractivity contribution in [1.82, 2.24) is 15.1 Å². The van der Waals surface area contributed by atoms with Crippen LogP contribution in [0.1, 0.15) is 39.9 Å². The lowest BCUT2D eigenvalue weighted by Gasteiger charge is -2.37. The Morgan fingerprint density at radius 3 is 2.51 bits per heavy atom. The van der Waals surface area contributed by atoms with Gasteiger partial charge in [0.05, 0.1) is 5.56 Å². The van der Waals surface area contributed by atoms with Crippen molar-refractivity contribution in [2.75, 3.05) is 31.1 Å². The molecule has 8 nitrogen and oxygen atoms in total. The van der Waals surface area contributed by atoms with Crippen LogP contribution in [0.15, 0.2) is 30.3 Å². The Bertz CT molecular complexity index is 1270. The number of piperidine rings is 1. The molecule has 2 aromatic carbocycles. The Balaban J connectivity index is 1.30. The van der Waals surface area contributed by atoms with Gasteiger partial charge in [0.2, 0.25) is 11.8 Å². The predicted octanol–water partition coefficient (Wildman–Crippen LogP) is 1.92. The molecule has 180 valence electrons. The van der Waals surface area contributed by atoms with Crippen LogP contribution in [0.2, 0.25) is 0 Å². The van der Waals surface area contributed by atoms with Gasteiger partial charge in [-0.25, -0.2) is 8.78 Å². The number of halogens is 2. The second-order valence-electron chi connectivity index (χ2n) is 9.04. The van der Waals surface area contributed by atoms with Gasteiger partial charge in [0, 0.05) is 62.5 Å².